The highest BCUT2D eigenvalue weighted by Crippen LogP contribution is 2.19. The Balaban J connectivity index is 2.16. The Morgan fingerprint density at radius 3 is 2.75 bits per heavy atom. The van der Waals surface area contributed by atoms with Crippen LogP contribution >= 0.6 is 0 Å². The third-order valence-corrected chi connectivity index (χ3v) is 3.32. The van der Waals surface area contributed by atoms with Crippen molar-refractivity contribution in [1.29, 1.82) is 0 Å². The number of fused-ring (bicyclic) bond motifs is 1. The third-order valence-electron chi connectivity index (χ3n) is 3.32. The van der Waals surface area contributed by atoms with E-state index in [0.29, 0.717) is 12.1 Å². The van der Waals surface area contributed by atoms with Gasteiger partial charge in [-0.1, -0.05) is 25.1 Å². The number of carbonyl (C=O) groups is 2. The van der Waals surface area contributed by atoms with Crippen LogP contribution in [0.5, 0.6) is 0 Å². The maximum atomic E-state index is 12.4. The minimum absolute atomic E-state index is 0.113. The molecule has 1 unspecified atom stereocenters. The molecule has 1 N–H and O–H groups in total. The average molecular weight is 274 g/mol. The summed E-state index contributed by atoms with van der Waals surface area (Å²) >= 11 is 0. The number of ether oxygens (including phenoxy) is 1. The molecule has 0 saturated heterocycles. The van der Waals surface area contributed by atoms with Crippen LogP contribution in [0, 0.1) is 5.92 Å². The van der Waals surface area contributed by atoms with Gasteiger partial charge in [-0.2, -0.15) is 0 Å². The molecule has 0 spiro atoms. The lowest BCUT2D eigenvalue weighted by Gasteiger charge is -2.20. The number of H-pyrrole nitrogens is 1. The number of esters is 1. The first-order chi connectivity index (χ1) is 9.54. The molecule has 1 atom stereocenters. The number of nitrogens with zero attached hydrogens (tertiary/aromatic N) is 1. The van der Waals surface area contributed by atoms with E-state index < -0.39 is 0 Å². The molecule has 2 rings (SSSR count). The molecule has 0 aliphatic heterocycles. The summed E-state index contributed by atoms with van der Waals surface area (Å²) in [7, 11) is 3.03. The predicted molar refractivity (Wildman–Crippen MR) is 76.4 cm³/mol. The molecular weight excluding hydrogens is 256 g/mol. The zero-order valence-electron chi connectivity index (χ0n) is 11.8. The number of nitrogens with one attached hydrogen (secondary N) is 1. The molecule has 1 heterocycles. The van der Waals surface area contributed by atoms with Crippen molar-refractivity contribution in [2.75, 3.05) is 20.7 Å². The van der Waals surface area contributed by atoms with E-state index in [2.05, 4.69) is 9.72 Å². The Kier molecular flexibility index (Phi) is 4.08. The Labute approximate surface area is 117 Å². The SMILES string of the molecule is COC(=O)C(C)CN(C)C(=O)c1c[nH]c2ccccc12. The second kappa shape index (κ2) is 5.77. The van der Waals surface area contributed by atoms with Crippen molar-refractivity contribution >= 4 is 22.8 Å². The molecule has 1 amide bonds. The number of methoxy groups -OCH3 is 1. The van der Waals surface area contributed by atoms with Crippen LogP contribution in [0.1, 0.15) is 17.3 Å². The second-order valence-corrected chi connectivity index (χ2v) is 4.86. The molecule has 0 aliphatic rings. The molecule has 2 aromatic rings. The summed E-state index contributed by atoms with van der Waals surface area (Å²) in [6.07, 6.45) is 1.70. The molecule has 0 saturated carbocycles. The van der Waals surface area contributed by atoms with Crippen molar-refractivity contribution in [2.45, 2.75) is 6.92 Å². The largest absolute Gasteiger partial charge is 0.469 e. The fourth-order valence-corrected chi connectivity index (χ4v) is 2.22. The minimum atomic E-state index is -0.348. The number of aromatic amines is 1. The summed E-state index contributed by atoms with van der Waals surface area (Å²) in [6, 6.07) is 7.62. The molecule has 0 bridgehead atoms. The highest BCUT2D eigenvalue weighted by molar-refractivity contribution is 6.06. The van der Waals surface area contributed by atoms with Crippen molar-refractivity contribution in [2.24, 2.45) is 5.92 Å². The molecular formula is C15H18N2O3. The maximum Gasteiger partial charge on any atom is 0.310 e. The fourth-order valence-electron chi connectivity index (χ4n) is 2.22. The van der Waals surface area contributed by atoms with Crippen LogP contribution in [0.25, 0.3) is 10.9 Å². The van der Waals surface area contributed by atoms with Crippen LogP contribution in [-0.4, -0.2) is 42.5 Å². The Bertz CT molecular complexity index is 633. The summed E-state index contributed by atoms with van der Waals surface area (Å²) in [5, 5.41) is 0.884. The van der Waals surface area contributed by atoms with Gasteiger partial charge >= 0.3 is 5.97 Å². The van der Waals surface area contributed by atoms with E-state index in [0.717, 1.165) is 10.9 Å². The first kappa shape index (κ1) is 14.1. The highest BCUT2D eigenvalue weighted by Gasteiger charge is 2.21. The fraction of sp³-hybridized carbons (Fsp3) is 0.333. The minimum Gasteiger partial charge on any atom is -0.469 e. The van der Waals surface area contributed by atoms with Gasteiger partial charge in [0.2, 0.25) is 0 Å². The Morgan fingerprint density at radius 1 is 1.35 bits per heavy atom. The van der Waals surface area contributed by atoms with Gasteiger partial charge in [-0.3, -0.25) is 9.59 Å². The molecule has 1 aromatic carbocycles. The van der Waals surface area contributed by atoms with Crippen LogP contribution in [0.15, 0.2) is 30.5 Å². The van der Waals surface area contributed by atoms with E-state index in [4.69, 9.17) is 0 Å². The lowest BCUT2D eigenvalue weighted by molar-refractivity contribution is -0.145. The van der Waals surface area contributed by atoms with Crippen LogP contribution in [-0.2, 0) is 9.53 Å². The smallest absolute Gasteiger partial charge is 0.310 e. The zero-order valence-corrected chi connectivity index (χ0v) is 11.8. The van der Waals surface area contributed by atoms with E-state index in [9.17, 15) is 9.59 Å². The number of aromatic nitrogens is 1. The number of hydrogen-bond acceptors (Lipinski definition) is 3. The number of hydrogen-bond donors (Lipinski definition) is 1. The third kappa shape index (κ3) is 2.66. The number of benzene rings is 1. The van der Waals surface area contributed by atoms with Gasteiger partial charge in [-0.25, -0.2) is 0 Å². The van der Waals surface area contributed by atoms with Gasteiger partial charge in [0.05, 0.1) is 18.6 Å². The van der Waals surface area contributed by atoms with Gasteiger partial charge in [0, 0.05) is 30.7 Å². The Morgan fingerprint density at radius 2 is 2.05 bits per heavy atom. The first-order valence-electron chi connectivity index (χ1n) is 6.44. The predicted octanol–water partition coefficient (Wildman–Crippen LogP) is 2.05. The van der Waals surface area contributed by atoms with Crippen molar-refractivity contribution in [3.8, 4) is 0 Å². The zero-order chi connectivity index (χ0) is 14.7. The quantitative estimate of drug-likeness (QED) is 0.868. The van der Waals surface area contributed by atoms with E-state index in [1.54, 1.807) is 20.2 Å². The molecule has 106 valence electrons. The van der Waals surface area contributed by atoms with Gasteiger partial charge in [0.15, 0.2) is 0 Å². The van der Waals surface area contributed by atoms with Crippen LogP contribution in [0.2, 0.25) is 0 Å². The van der Waals surface area contributed by atoms with Gasteiger partial charge < -0.3 is 14.6 Å². The molecule has 0 radical (unpaired) electrons. The number of carbonyl (C=O) groups excluding carboxylic acids is 2. The summed E-state index contributed by atoms with van der Waals surface area (Å²) in [5.74, 6) is -0.777. The summed E-state index contributed by atoms with van der Waals surface area (Å²) in [6.45, 7) is 2.07. The summed E-state index contributed by atoms with van der Waals surface area (Å²) < 4.78 is 4.67. The Hall–Kier alpha value is -2.30. The van der Waals surface area contributed by atoms with Gasteiger partial charge in [0.25, 0.3) is 5.91 Å². The second-order valence-electron chi connectivity index (χ2n) is 4.86. The van der Waals surface area contributed by atoms with Gasteiger partial charge in [0.1, 0.15) is 0 Å². The normalized spacial score (nSPS) is 12.2. The van der Waals surface area contributed by atoms with E-state index in [1.807, 2.05) is 24.3 Å². The lowest BCUT2D eigenvalue weighted by atomic mass is 10.1. The first-order valence-corrected chi connectivity index (χ1v) is 6.44. The van der Waals surface area contributed by atoms with Crippen LogP contribution in [0.4, 0.5) is 0 Å². The molecule has 0 fully saturated rings. The molecule has 5 nitrogen and oxygen atoms in total. The van der Waals surface area contributed by atoms with Crippen molar-refractivity contribution in [3.05, 3.63) is 36.0 Å². The summed E-state index contributed by atoms with van der Waals surface area (Å²) in [5.41, 5.74) is 1.53. The number of rotatable bonds is 4. The molecule has 0 aliphatic carbocycles. The summed E-state index contributed by atoms with van der Waals surface area (Å²) in [4.78, 5) is 28.4. The van der Waals surface area contributed by atoms with Crippen LogP contribution in [0.3, 0.4) is 0 Å². The van der Waals surface area contributed by atoms with E-state index >= 15 is 0 Å². The van der Waals surface area contributed by atoms with Crippen molar-refractivity contribution in [1.82, 2.24) is 9.88 Å². The molecule has 1 aromatic heterocycles. The van der Waals surface area contributed by atoms with Gasteiger partial charge in [-0.15, -0.1) is 0 Å². The number of para-hydroxylation sites is 1. The highest BCUT2D eigenvalue weighted by atomic mass is 16.5. The topological polar surface area (TPSA) is 62.4 Å². The average Bonchev–Trinajstić information content (AvgIpc) is 2.89. The number of amides is 1. The lowest BCUT2D eigenvalue weighted by Crippen LogP contribution is -2.34. The standard InChI is InChI=1S/C15H18N2O3/c1-10(15(19)20-3)9-17(2)14(18)12-8-16-13-7-5-4-6-11(12)13/h4-8,10,16H,9H2,1-3H3. The maximum absolute atomic E-state index is 12.4. The van der Waals surface area contributed by atoms with Crippen molar-refractivity contribution < 1.29 is 14.3 Å². The van der Waals surface area contributed by atoms with Crippen molar-refractivity contribution in [3.63, 3.8) is 0 Å². The van der Waals surface area contributed by atoms with Crippen LogP contribution < -0.4 is 0 Å². The van der Waals surface area contributed by atoms with Gasteiger partial charge in [-0.05, 0) is 6.07 Å². The van der Waals surface area contributed by atoms with E-state index in [-0.39, 0.29) is 17.8 Å². The monoisotopic (exact) mass is 274 g/mol. The molecule has 5 heteroatoms. The van der Waals surface area contributed by atoms with E-state index in [1.165, 1.54) is 12.0 Å². The molecule has 20 heavy (non-hydrogen) atoms.